The second-order valence-electron chi connectivity index (χ2n) is 12.8. The third-order valence-electron chi connectivity index (χ3n) is 9.04. The average Bonchev–Trinajstić information content (AvgIpc) is 3.44. The number of carbonyl (C=O) groups excluding carboxylic acids is 4. The van der Waals surface area contributed by atoms with Gasteiger partial charge in [0.05, 0.1) is 6.42 Å². The minimum Gasteiger partial charge on any atom is -0.440 e. The zero-order chi connectivity index (χ0) is 32.6. The zero-order valence-corrected chi connectivity index (χ0v) is 26.8. The van der Waals surface area contributed by atoms with Crippen molar-refractivity contribution < 1.29 is 33.1 Å². The first-order valence-electron chi connectivity index (χ1n) is 15.7. The van der Waals surface area contributed by atoms with Crippen LogP contribution in [0.4, 0.5) is 9.18 Å². The Bertz CT molecular complexity index is 1360. The largest absolute Gasteiger partial charge is 0.440 e. The SMILES string of the molecule is CC(CC(=O)ONC(=O)[C@H](CC1CCCCC1)NC(=O)OC(c1cccc(F)c1)C(C)(C)c1cccc(Cl)c1)[C@@H]1CCNC1=O. The van der Waals surface area contributed by atoms with Crippen LogP contribution in [0.25, 0.3) is 0 Å². The highest BCUT2D eigenvalue weighted by Crippen LogP contribution is 2.40. The van der Waals surface area contributed by atoms with Crippen LogP contribution in [0.1, 0.15) is 89.4 Å². The molecule has 2 aromatic rings. The van der Waals surface area contributed by atoms with E-state index in [1.807, 2.05) is 19.9 Å². The summed E-state index contributed by atoms with van der Waals surface area (Å²) in [6, 6.07) is 11.9. The zero-order valence-electron chi connectivity index (χ0n) is 26.1. The van der Waals surface area contributed by atoms with Crippen molar-refractivity contribution in [1.82, 2.24) is 16.1 Å². The van der Waals surface area contributed by atoms with Crippen molar-refractivity contribution in [1.29, 1.82) is 0 Å². The average molecular weight is 644 g/mol. The van der Waals surface area contributed by atoms with Crippen LogP contribution in [0.2, 0.25) is 5.02 Å². The van der Waals surface area contributed by atoms with Crippen molar-refractivity contribution in [3.05, 3.63) is 70.5 Å². The topological polar surface area (TPSA) is 123 Å². The van der Waals surface area contributed by atoms with E-state index in [4.69, 9.17) is 21.2 Å². The summed E-state index contributed by atoms with van der Waals surface area (Å²) in [5.74, 6) is -2.30. The van der Waals surface area contributed by atoms with E-state index in [0.717, 1.165) is 37.7 Å². The Hall–Kier alpha value is -3.66. The van der Waals surface area contributed by atoms with E-state index in [9.17, 15) is 23.6 Å². The van der Waals surface area contributed by atoms with Gasteiger partial charge in [0, 0.05) is 22.9 Å². The van der Waals surface area contributed by atoms with Crippen molar-refractivity contribution in [2.75, 3.05) is 6.54 Å². The molecule has 2 aromatic carbocycles. The molecule has 0 radical (unpaired) electrons. The van der Waals surface area contributed by atoms with Gasteiger partial charge in [-0.1, -0.05) is 88.7 Å². The number of hydroxylamine groups is 1. The van der Waals surface area contributed by atoms with Crippen LogP contribution >= 0.6 is 11.6 Å². The lowest BCUT2D eigenvalue weighted by Gasteiger charge is -2.35. The Morgan fingerprint density at radius 3 is 2.47 bits per heavy atom. The van der Waals surface area contributed by atoms with Crippen LogP contribution in [0.15, 0.2) is 48.5 Å². The van der Waals surface area contributed by atoms with Gasteiger partial charge in [0.25, 0.3) is 5.91 Å². The number of halogens is 2. The number of hydrogen-bond acceptors (Lipinski definition) is 6. The third-order valence-corrected chi connectivity index (χ3v) is 9.27. The molecule has 2 aliphatic rings. The normalized spacial score (nSPS) is 19.1. The molecule has 0 aromatic heterocycles. The van der Waals surface area contributed by atoms with Crippen molar-refractivity contribution in [3.63, 3.8) is 0 Å². The van der Waals surface area contributed by atoms with E-state index in [0.29, 0.717) is 30.0 Å². The number of ether oxygens (including phenoxy) is 1. The van der Waals surface area contributed by atoms with Gasteiger partial charge in [0.1, 0.15) is 18.0 Å². The summed E-state index contributed by atoms with van der Waals surface area (Å²) < 4.78 is 20.3. The van der Waals surface area contributed by atoms with Gasteiger partial charge in [-0.25, -0.2) is 14.0 Å². The van der Waals surface area contributed by atoms with Crippen LogP contribution in [0, 0.1) is 23.6 Å². The quantitative estimate of drug-likeness (QED) is 0.247. The second kappa shape index (κ2) is 15.6. The van der Waals surface area contributed by atoms with Gasteiger partial charge in [-0.3, -0.25) is 9.59 Å². The second-order valence-corrected chi connectivity index (χ2v) is 13.3. The Kier molecular flexibility index (Phi) is 11.8. The number of amides is 3. The molecule has 1 saturated heterocycles. The molecule has 11 heteroatoms. The van der Waals surface area contributed by atoms with E-state index in [1.54, 1.807) is 37.3 Å². The number of rotatable bonds is 11. The van der Waals surface area contributed by atoms with Crippen LogP contribution in [-0.4, -0.2) is 36.5 Å². The minimum absolute atomic E-state index is 0.0466. The number of carbonyl (C=O) groups is 4. The summed E-state index contributed by atoms with van der Waals surface area (Å²) in [6.45, 7) is 6.09. The van der Waals surface area contributed by atoms with Gasteiger partial charge >= 0.3 is 12.1 Å². The Morgan fingerprint density at radius 1 is 1.07 bits per heavy atom. The molecule has 4 rings (SSSR count). The number of benzene rings is 2. The maximum absolute atomic E-state index is 14.3. The third kappa shape index (κ3) is 9.42. The van der Waals surface area contributed by atoms with Crippen LogP contribution in [0.3, 0.4) is 0 Å². The first-order valence-corrected chi connectivity index (χ1v) is 16.1. The Labute approximate surface area is 268 Å². The molecular weight excluding hydrogens is 601 g/mol. The van der Waals surface area contributed by atoms with Crippen molar-refractivity contribution >= 4 is 35.5 Å². The monoisotopic (exact) mass is 643 g/mol. The van der Waals surface area contributed by atoms with Crippen molar-refractivity contribution in [3.8, 4) is 0 Å². The molecule has 2 unspecified atom stereocenters. The fourth-order valence-electron chi connectivity index (χ4n) is 6.39. The van der Waals surface area contributed by atoms with Crippen LogP contribution in [-0.2, 0) is 29.4 Å². The predicted molar refractivity (Wildman–Crippen MR) is 167 cm³/mol. The minimum atomic E-state index is -1.05. The molecule has 9 nitrogen and oxygen atoms in total. The van der Waals surface area contributed by atoms with Gasteiger partial charge in [-0.15, -0.1) is 0 Å². The standard InChI is InChI=1S/C34H43ClFN3O6/c1-21(27-15-16-37-31(27)41)17-29(40)45-39-32(42)28(18-22-9-5-4-6-10-22)38-33(43)44-30(23-11-7-14-26(36)19-23)34(2,3)24-12-8-13-25(35)20-24/h7-8,11-14,19-22,27-28,30H,4-6,9-10,15-18H2,1-3H3,(H,37,41)(H,38,43)(H,39,42)/t21?,27-,28-,30?/m0/s1. The van der Waals surface area contributed by atoms with Crippen LogP contribution in [0.5, 0.6) is 0 Å². The molecule has 1 saturated carbocycles. The molecule has 0 bridgehead atoms. The van der Waals surface area contributed by atoms with Gasteiger partial charge in [0.2, 0.25) is 5.91 Å². The number of alkyl carbamates (subject to hydrolysis) is 1. The van der Waals surface area contributed by atoms with E-state index in [1.165, 1.54) is 12.1 Å². The smallest absolute Gasteiger partial charge is 0.408 e. The summed E-state index contributed by atoms with van der Waals surface area (Å²) in [7, 11) is 0. The van der Waals surface area contributed by atoms with E-state index >= 15 is 0 Å². The molecule has 3 amide bonds. The first-order chi connectivity index (χ1) is 21.4. The summed E-state index contributed by atoms with van der Waals surface area (Å²) >= 11 is 6.27. The maximum Gasteiger partial charge on any atom is 0.408 e. The first kappa shape index (κ1) is 34.2. The lowest BCUT2D eigenvalue weighted by atomic mass is 9.76. The molecule has 4 atom stereocenters. The van der Waals surface area contributed by atoms with Crippen molar-refractivity contribution in [2.24, 2.45) is 17.8 Å². The molecule has 1 heterocycles. The highest BCUT2D eigenvalue weighted by atomic mass is 35.5. The number of nitrogens with one attached hydrogen (secondary N) is 3. The summed E-state index contributed by atoms with van der Waals surface area (Å²) in [4.78, 5) is 56.4. The molecule has 1 aliphatic heterocycles. The van der Waals surface area contributed by atoms with Gasteiger partial charge in [-0.05, 0) is 60.1 Å². The van der Waals surface area contributed by atoms with Gasteiger partial charge in [-0.2, -0.15) is 5.48 Å². The Balaban J connectivity index is 1.47. The highest BCUT2D eigenvalue weighted by Gasteiger charge is 2.38. The fraction of sp³-hybridized carbons (Fsp3) is 0.529. The molecule has 45 heavy (non-hydrogen) atoms. The summed E-state index contributed by atoms with van der Waals surface area (Å²) in [6.07, 6.45) is 4.10. The molecule has 0 spiro atoms. The van der Waals surface area contributed by atoms with Gasteiger partial charge in [0.15, 0.2) is 0 Å². The molecule has 2 fully saturated rings. The van der Waals surface area contributed by atoms with Gasteiger partial charge < -0.3 is 20.2 Å². The lowest BCUT2D eigenvalue weighted by molar-refractivity contribution is -0.160. The number of hydrogen-bond donors (Lipinski definition) is 3. The molecule has 1 aliphatic carbocycles. The molecular formula is C34H43ClFN3O6. The predicted octanol–water partition coefficient (Wildman–Crippen LogP) is 6.30. The Morgan fingerprint density at radius 2 is 1.80 bits per heavy atom. The summed E-state index contributed by atoms with van der Waals surface area (Å²) in [5.41, 5.74) is 2.57. The van der Waals surface area contributed by atoms with E-state index < -0.39 is 41.3 Å². The molecule has 3 N–H and O–H groups in total. The van der Waals surface area contributed by atoms with E-state index in [2.05, 4.69) is 16.1 Å². The van der Waals surface area contributed by atoms with Crippen LogP contribution < -0.4 is 16.1 Å². The lowest BCUT2D eigenvalue weighted by Crippen LogP contribution is -2.49. The highest BCUT2D eigenvalue weighted by molar-refractivity contribution is 6.30. The fourth-order valence-corrected chi connectivity index (χ4v) is 6.58. The molecule has 244 valence electrons. The van der Waals surface area contributed by atoms with E-state index in [-0.39, 0.29) is 30.1 Å². The maximum atomic E-state index is 14.3. The summed E-state index contributed by atoms with van der Waals surface area (Å²) in [5, 5.41) is 5.95. The van der Waals surface area contributed by atoms with Crippen molar-refractivity contribution in [2.45, 2.75) is 89.7 Å².